The molecule has 1 atom stereocenters. The lowest BCUT2D eigenvalue weighted by molar-refractivity contribution is -0.125. The Morgan fingerprint density at radius 1 is 1.73 bits per heavy atom. The highest BCUT2D eigenvalue weighted by Gasteiger charge is 2.13. The molecule has 1 heterocycles. The highest BCUT2D eigenvalue weighted by molar-refractivity contribution is 7.09. The number of hydrazine groups is 1. The highest BCUT2D eigenvalue weighted by atomic mass is 32.1. The van der Waals surface area contributed by atoms with Crippen molar-refractivity contribution in [3.8, 4) is 0 Å². The van der Waals surface area contributed by atoms with Gasteiger partial charge >= 0.3 is 0 Å². The number of carbonyl (C=O) groups excluding carboxylic acids is 1. The predicted octanol–water partition coefficient (Wildman–Crippen LogP) is 0.806. The van der Waals surface area contributed by atoms with E-state index in [1.807, 2.05) is 20.0 Å². The molecule has 0 saturated carbocycles. The molecule has 1 aromatic heterocycles. The third kappa shape index (κ3) is 3.99. The maximum absolute atomic E-state index is 11.2. The van der Waals surface area contributed by atoms with E-state index in [4.69, 9.17) is 5.84 Å². The van der Waals surface area contributed by atoms with Crippen LogP contribution in [0.1, 0.15) is 11.8 Å². The van der Waals surface area contributed by atoms with E-state index in [-0.39, 0.29) is 11.8 Å². The summed E-state index contributed by atoms with van der Waals surface area (Å²) in [4.78, 5) is 14.6. The second-order valence-corrected chi connectivity index (χ2v) is 4.72. The average molecular weight is 227 g/mol. The second-order valence-electron chi connectivity index (χ2n) is 3.69. The number of hydrogen-bond donors (Lipinski definition) is 2. The molecule has 0 aliphatic rings. The van der Waals surface area contributed by atoms with Crippen LogP contribution in [-0.2, 0) is 11.3 Å². The smallest absolute Gasteiger partial charge is 0.237 e. The summed E-state index contributed by atoms with van der Waals surface area (Å²) in [7, 11) is 2.00. The Morgan fingerprint density at radius 3 is 3.00 bits per heavy atom. The van der Waals surface area contributed by atoms with Gasteiger partial charge in [0, 0.05) is 23.9 Å². The van der Waals surface area contributed by atoms with Crippen LogP contribution in [0.5, 0.6) is 0 Å². The number of amides is 1. The molecule has 0 fully saturated rings. The highest BCUT2D eigenvalue weighted by Crippen LogP contribution is 2.11. The molecular formula is C10H17N3OS. The molecular weight excluding hydrogens is 210 g/mol. The van der Waals surface area contributed by atoms with E-state index in [0.29, 0.717) is 6.54 Å². The minimum atomic E-state index is -0.118. The van der Waals surface area contributed by atoms with Crippen LogP contribution in [0, 0.1) is 5.92 Å². The van der Waals surface area contributed by atoms with Crippen LogP contribution >= 0.6 is 11.3 Å². The molecule has 5 heteroatoms. The van der Waals surface area contributed by atoms with Crippen molar-refractivity contribution in [2.24, 2.45) is 11.8 Å². The number of nitrogens with zero attached hydrogens (tertiary/aromatic N) is 1. The van der Waals surface area contributed by atoms with Crippen molar-refractivity contribution >= 4 is 17.2 Å². The van der Waals surface area contributed by atoms with E-state index in [2.05, 4.69) is 21.8 Å². The molecule has 15 heavy (non-hydrogen) atoms. The van der Waals surface area contributed by atoms with Gasteiger partial charge in [-0.2, -0.15) is 0 Å². The summed E-state index contributed by atoms with van der Waals surface area (Å²) < 4.78 is 0. The molecule has 0 saturated heterocycles. The third-order valence-electron chi connectivity index (χ3n) is 2.18. The Balaban J connectivity index is 2.35. The van der Waals surface area contributed by atoms with Crippen LogP contribution < -0.4 is 11.3 Å². The fourth-order valence-corrected chi connectivity index (χ4v) is 2.21. The fourth-order valence-electron chi connectivity index (χ4n) is 1.43. The zero-order chi connectivity index (χ0) is 11.3. The van der Waals surface area contributed by atoms with Gasteiger partial charge in [0.2, 0.25) is 5.91 Å². The van der Waals surface area contributed by atoms with E-state index in [1.54, 1.807) is 11.3 Å². The van der Waals surface area contributed by atoms with E-state index >= 15 is 0 Å². The summed E-state index contributed by atoms with van der Waals surface area (Å²) in [6.45, 7) is 3.45. The van der Waals surface area contributed by atoms with Gasteiger partial charge in [0.25, 0.3) is 0 Å². The van der Waals surface area contributed by atoms with Gasteiger partial charge in [-0.3, -0.25) is 10.2 Å². The average Bonchev–Trinajstić information content (AvgIpc) is 2.68. The zero-order valence-electron chi connectivity index (χ0n) is 9.06. The molecule has 0 aliphatic carbocycles. The van der Waals surface area contributed by atoms with Crippen molar-refractivity contribution in [2.45, 2.75) is 13.5 Å². The maximum Gasteiger partial charge on any atom is 0.237 e. The molecule has 0 radical (unpaired) electrons. The van der Waals surface area contributed by atoms with Gasteiger partial charge in [-0.1, -0.05) is 13.0 Å². The minimum Gasteiger partial charge on any atom is -0.301 e. The molecule has 0 spiro atoms. The molecule has 1 amide bonds. The maximum atomic E-state index is 11.2. The van der Waals surface area contributed by atoms with Gasteiger partial charge in [0.1, 0.15) is 0 Å². The molecule has 1 unspecified atom stereocenters. The monoisotopic (exact) mass is 227 g/mol. The summed E-state index contributed by atoms with van der Waals surface area (Å²) in [5, 5.41) is 2.05. The number of nitrogens with one attached hydrogen (secondary N) is 1. The van der Waals surface area contributed by atoms with Gasteiger partial charge in [-0.15, -0.1) is 11.3 Å². The molecule has 84 valence electrons. The van der Waals surface area contributed by atoms with Crippen molar-refractivity contribution in [1.82, 2.24) is 10.3 Å². The van der Waals surface area contributed by atoms with Crippen LogP contribution in [0.2, 0.25) is 0 Å². The predicted molar refractivity (Wildman–Crippen MR) is 62.1 cm³/mol. The van der Waals surface area contributed by atoms with Crippen LogP contribution in [-0.4, -0.2) is 24.4 Å². The van der Waals surface area contributed by atoms with E-state index < -0.39 is 0 Å². The standard InChI is InChI=1S/C10H17N3OS/c1-8(10(14)12-11)6-13(2)7-9-4-3-5-15-9/h3-5,8H,6-7,11H2,1-2H3,(H,12,14). The van der Waals surface area contributed by atoms with Gasteiger partial charge in [-0.25, -0.2) is 5.84 Å². The van der Waals surface area contributed by atoms with Gasteiger partial charge in [-0.05, 0) is 18.5 Å². The SMILES string of the molecule is CC(CN(C)Cc1cccs1)C(=O)NN. The third-order valence-corrected chi connectivity index (χ3v) is 3.04. The topological polar surface area (TPSA) is 58.4 Å². The summed E-state index contributed by atoms with van der Waals surface area (Å²) in [5.41, 5.74) is 2.17. The van der Waals surface area contributed by atoms with E-state index in [1.165, 1.54) is 4.88 Å². The number of carbonyl (C=O) groups is 1. The summed E-state index contributed by atoms with van der Waals surface area (Å²) >= 11 is 1.73. The minimum absolute atomic E-state index is 0.0834. The molecule has 0 aromatic carbocycles. The normalized spacial score (nSPS) is 12.8. The van der Waals surface area contributed by atoms with Gasteiger partial charge < -0.3 is 4.90 Å². The number of hydrogen-bond acceptors (Lipinski definition) is 4. The van der Waals surface area contributed by atoms with Crippen LogP contribution in [0.3, 0.4) is 0 Å². The van der Waals surface area contributed by atoms with Crippen molar-refractivity contribution in [3.63, 3.8) is 0 Å². The molecule has 0 aliphatic heterocycles. The number of nitrogens with two attached hydrogens (primary N) is 1. The van der Waals surface area contributed by atoms with Crippen molar-refractivity contribution in [2.75, 3.05) is 13.6 Å². The van der Waals surface area contributed by atoms with Crippen molar-refractivity contribution < 1.29 is 4.79 Å². The zero-order valence-corrected chi connectivity index (χ0v) is 9.88. The van der Waals surface area contributed by atoms with Crippen molar-refractivity contribution in [1.29, 1.82) is 0 Å². The molecule has 1 aromatic rings. The lowest BCUT2D eigenvalue weighted by atomic mass is 10.1. The summed E-state index contributed by atoms with van der Waals surface area (Å²) in [6.07, 6.45) is 0. The molecule has 1 rings (SSSR count). The Bertz CT molecular complexity index is 300. The number of rotatable bonds is 5. The van der Waals surface area contributed by atoms with Gasteiger partial charge in [0.05, 0.1) is 0 Å². The first kappa shape index (κ1) is 12.2. The molecule has 3 N–H and O–H groups in total. The Labute approximate surface area is 94.0 Å². The van der Waals surface area contributed by atoms with Crippen molar-refractivity contribution in [3.05, 3.63) is 22.4 Å². The number of thiophene rings is 1. The molecule has 0 bridgehead atoms. The Morgan fingerprint density at radius 2 is 2.47 bits per heavy atom. The van der Waals surface area contributed by atoms with Crippen LogP contribution in [0.15, 0.2) is 17.5 Å². The first-order valence-electron chi connectivity index (χ1n) is 4.85. The summed E-state index contributed by atoms with van der Waals surface area (Å²) in [6, 6.07) is 4.12. The lowest BCUT2D eigenvalue weighted by Gasteiger charge is -2.19. The quantitative estimate of drug-likeness (QED) is 0.444. The Hall–Kier alpha value is -0.910. The first-order valence-corrected chi connectivity index (χ1v) is 5.73. The van der Waals surface area contributed by atoms with Crippen LogP contribution in [0.4, 0.5) is 0 Å². The summed E-state index contributed by atoms with van der Waals surface area (Å²) in [5.74, 6) is 4.87. The fraction of sp³-hybridized carbons (Fsp3) is 0.500. The van der Waals surface area contributed by atoms with E-state index in [9.17, 15) is 4.79 Å². The van der Waals surface area contributed by atoms with Crippen LogP contribution in [0.25, 0.3) is 0 Å². The Kier molecular flexibility index (Phi) is 4.74. The van der Waals surface area contributed by atoms with E-state index in [0.717, 1.165) is 6.54 Å². The molecule has 4 nitrogen and oxygen atoms in total. The first-order chi connectivity index (χ1) is 7.13. The lowest BCUT2D eigenvalue weighted by Crippen LogP contribution is -2.39. The van der Waals surface area contributed by atoms with Gasteiger partial charge in [0.15, 0.2) is 0 Å². The second kappa shape index (κ2) is 5.85. The largest absolute Gasteiger partial charge is 0.301 e.